The Morgan fingerprint density at radius 3 is 2.42 bits per heavy atom. The Morgan fingerprint density at radius 1 is 1.00 bits per heavy atom. The van der Waals surface area contributed by atoms with Crippen molar-refractivity contribution in [3.63, 3.8) is 0 Å². The van der Waals surface area contributed by atoms with Gasteiger partial charge in [0.05, 0.1) is 12.8 Å². The smallest absolute Gasteiger partial charge is 0.266 e. The first-order chi connectivity index (χ1) is 12.3. The van der Waals surface area contributed by atoms with Crippen LogP contribution < -0.4 is 9.46 Å². The normalized spacial score (nSPS) is 11.4. The Kier molecular flexibility index (Phi) is 4.73. The number of methoxy groups -OCH3 is 1. The van der Waals surface area contributed by atoms with Gasteiger partial charge in [0.1, 0.15) is 10.6 Å². The number of hydrogen-bond acceptors (Lipinski definition) is 4. The van der Waals surface area contributed by atoms with E-state index >= 15 is 0 Å². The standard InChI is InChI=1S/C19H21N3O3S/c1-12-9-14(3)15(10-13(12)2)16-11-19(21-20-16)22-26(23,24)18-8-6-5-7-17(18)25-4/h5-11H,1-4H3,(H2,20,21,22). The molecule has 0 saturated heterocycles. The summed E-state index contributed by atoms with van der Waals surface area (Å²) in [7, 11) is -2.37. The number of sulfonamides is 1. The number of H-pyrrole nitrogens is 1. The van der Waals surface area contributed by atoms with E-state index in [0.29, 0.717) is 0 Å². The number of anilines is 1. The highest BCUT2D eigenvalue weighted by Gasteiger charge is 2.20. The van der Waals surface area contributed by atoms with Crippen molar-refractivity contribution in [1.82, 2.24) is 10.2 Å². The minimum atomic E-state index is -3.81. The first kappa shape index (κ1) is 18.0. The van der Waals surface area contributed by atoms with Crippen LogP contribution in [-0.4, -0.2) is 25.7 Å². The molecule has 0 amide bonds. The van der Waals surface area contributed by atoms with Gasteiger partial charge in [0.15, 0.2) is 5.82 Å². The van der Waals surface area contributed by atoms with Crippen LogP contribution in [0.1, 0.15) is 16.7 Å². The summed E-state index contributed by atoms with van der Waals surface area (Å²) in [5.74, 6) is 0.504. The molecular weight excluding hydrogens is 350 g/mol. The van der Waals surface area contributed by atoms with E-state index in [1.54, 1.807) is 24.3 Å². The van der Waals surface area contributed by atoms with E-state index in [4.69, 9.17) is 4.74 Å². The maximum atomic E-state index is 12.6. The summed E-state index contributed by atoms with van der Waals surface area (Å²) in [6.07, 6.45) is 0. The Balaban J connectivity index is 1.93. The topological polar surface area (TPSA) is 84.1 Å². The van der Waals surface area contributed by atoms with Crippen molar-refractivity contribution in [2.75, 3.05) is 11.8 Å². The van der Waals surface area contributed by atoms with Gasteiger partial charge in [-0.3, -0.25) is 9.82 Å². The third kappa shape index (κ3) is 3.43. The summed E-state index contributed by atoms with van der Waals surface area (Å²) < 4.78 is 32.9. The van der Waals surface area contributed by atoms with Crippen LogP contribution in [-0.2, 0) is 10.0 Å². The summed E-state index contributed by atoms with van der Waals surface area (Å²) in [5.41, 5.74) is 5.21. The fraction of sp³-hybridized carbons (Fsp3) is 0.211. The highest BCUT2D eigenvalue weighted by atomic mass is 32.2. The fourth-order valence-electron chi connectivity index (χ4n) is 2.80. The molecule has 0 fully saturated rings. The quantitative estimate of drug-likeness (QED) is 0.714. The highest BCUT2D eigenvalue weighted by Crippen LogP contribution is 2.28. The lowest BCUT2D eigenvalue weighted by Gasteiger charge is -2.09. The number of para-hydroxylation sites is 1. The molecule has 0 bridgehead atoms. The Morgan fingerprint density at radius 2 is 1.69 bits per heavy atom. The van der Waals surface area contributed by atoms with Gasteiger partial charge in [0, 0.05) is 11.6 Å². The maximum absolute atomic E-state index is 12.6. The lowest BCUT2D eigenvalue weighted by molar-refractivity contribution is 0.403. The molecule has 0 radical (unpaired) electrons. The Bertz CT molecular complexity index is 1060. The van der Waals surface area contributed by atoms with Gasteiger partial charge in [-0.1, -0.05) is 18.2 Å². The minimum absolute atomic E-state index is 0.0643. The SMILES string of the molecule is COc1ccccc1S(=O)(=O)Nc1cc(-c2cc(C)c(C)cc2C)[nH]n1. The summed E-state index contributed by atoms with van der Waals surface area (Å²) in [6, 6.07) is 12.3. The molecule has 0 saturated carbocycles. The lowest BCUT2D eigenvalue weighted by atomic mass is 9.99. The van der Waals surface area contributed by atoms with E-state index in [2.05, 4.69) is 34.0 Å². The van der Waals surface area contributed by atoms with Crippen LogP contribution >= 0.6 is 0 Å². The van der Waals surface area contributed by atoms with Gasteiger partial charge in [-0.2, -0.15) is 5.10 Å². The van der Waals surface area contributed by atoms with E-state index < -0.39 is 10.0 Å². The van der Waals surface area contributed by atoms with Gasteiger partial charge in [0.2, 0.25) is 0 Å². The monoisotopic (exact) mass is 371 g/mol. The van der Waals surface area contributed by atoms with Gasteiger partial charge in [-0.15, -0.1) is 0 Å². The van der Waals surface area contributed by atoms with Gasteiger partial charge >= 0.3 is 0 Å². The maximum Gasteiger partial charge on any atom is 0.266 e. The van der Waals surface area contributed by atoms with Crippen molar-refractivity contribution < 1.29 is 13.2 Å². The van der Waals surface area contributed by atoms with Crippen LogP contribution in [0.3, 0.4) is 0 Å². The summed E-state index contributed by atoms with van der Waals surface area (Å²) in [4.78, 5) is 0.0643. The number of rotatable bonds is 5. The minimum Gasteiger partial charge on any atom is -0.495 e. The number of nitrogens with zero attached hydrogens (tertiary/aromatic N) is 1. The number of ether oxygens (including phenoxy) is 1. The van der Waals surface area contributed by atoms with Crippen molar-refractivity contribution >= 4 is 15.8 Å². The zero-order chi connectivity index (χ0) is 18.9. The first-order valence-electron chi connectivity index (χ1n) is 8.11. The predicted molar refractivity (Wildman–Crippen MR) is 102 cm³/mol. The zero-order valence-electron chi connectivity index (χ0n) is 15.1. The number of aromatic nitrogens is 2. The van der Waals surface area contributed by atoms with Crippen LogP contribution in [0.4, 0.5) is 5.82 Å². The van der Waals surface area contributed by atoms with Crippen molar-refractivity contribution in [3.8, 4) is 17.0 Å². The fourth-order valence-corrected chi connectivity index (χ4v) is 3.96. The average molecular weight is 371 g/mol. The molecule has 0 aliphatic carbocycles. The van der Waals surface area contributed by atoms with Gasteiger partial charge in [-0.25, -0.2) is 8.42 Å². The molecule has 0 atom stereocenters. The zero-order valence-corrected chi connectivity index (χ0v) is 15.9. The molecule has 2 N–H and O–H groups in total. The van der Waals surface area contributed by atoms with Crippen molar-refractivity contribution in [3.05, 3.63) is 59.2 Å². The first-order valence-corrected chi connectivity index (χ1v) is 9.59. The van der Waals surface area contributed by atoms with Gasteiger partial charge in [0.25, 0.3) is 10.0 Å². The Hall–Kier alpha value is -2.80. The molecule has 0 spiro atoms. The van der Waals surface area contributed by atoms with Crippen LogP contribution in [0.5, 0.6) is 5.75 Å². The van der Waals surface area contributed by atoms with Gasteiger partial charge in [-0.05, 0) is 55.7 Å². The molecular formula is C19H21N3O3S. The molecule has 0 aliphatic heterocycles. The van der Waals surface area contributed by atoms with E-state index in [-0.39, 0.29) is 16.5 Å². The summed E-state index contributed by atoms with van der Waals surface area (Å²) >= 11 is 0. The Labute approximate surface area is 153 Å². The second kappa shape index (κ2) is 6.84. The molecule has 2 aromatic carbocycles. The number of hydrogen-bond donors (Lipinski definition) is 2. The number of aryl methyl sites for hydroxylation is 3. The van der Waals surface area contributed by atoms with Crippen LogP contribution in [0.2, 0.25) is 0 Å². The molecule has 0 unspecified atom stereocenters. The van der Waals surface area contributed by atoms with E-state index in [0.717, 1.165) is 22.4 Å². The second-order valence-corrected chi connectivity index (χ2v) is 7.83. The average Bonchev–Trinajstić information content (AvgIpc) is 3.05. The molecule has 7 heteroatoms. The summed E-state index contributed by atoms with van der Waals surface area (Å²) in [6.45, 7) is 6.12. The highest BCUT2D eigenvalue weighted by molar-refractivity contribution is 7.92. The van der Waals surface area contributed by atoms with E-state index in [1.165, 1.54) is 18.7 Å². The van der Waals surface area contributed by atoms with Gasteiger partial charge < -0.3 is 4.74 Å². The second-order valence-electron chi connectivity index (χ2n) is 6.17. The molecule has 1 aromatic heterocycles. The molecule has 0 aliphatic rings. The van der Waals surface area contributed by atoms with Crippen LogP contribution in [0, 0.1) is 20.8 Å². The molecule has 26 heavy (non-hydrogen) atoms. The van der Waals surface area contributed by atoms with Crippen molar-refractivity contribution in [1.29, 1.82) is 0 Å². The van der Waals surface area contributed by atoms with Crippen LogP contribution in [0.15, 0.2) is 47.4 Å². The van der Waals surface area contributed by atoms with E-state index in [1.807, 2.05) is 13.8 Å². The molecule has 136 valence electrons. The largest absolute Gasteiger partial charge is 0.495 e. The van der Waals surface area contributed by atoms with Crippen molar-refractivity contribution in [2.45, 2.75) is 25.7 Å². The lowest BCUT2D eigenvalue weighted by Crippen LogP contribution is -2.14. The third-order valence-electron chi connectivity index (χ3n) is 4.31. The molecule has 6 nitrogen and oxygen atoms in total. The third-order valence-corrected chi connectivity index (χ3v) is 5.70. The van der Waals surface area contributed by atoms with E-state index in [9.17, 15) is 8.42 Å². The number of aromatic amines is 1. The van der Waals surface area contributed by atoms with Crippen molar-refractivity contribution in [2.24, 2.45) is 0 Å². The van der Waals surface area contributed by atoms with Crippen LogP contribution in [0.25, 0.3) is 11.3 Å². The molecule has 1 heterocycles. The summed E-state index contributed by atoms with van der Waals surface area (Å²) in [5, 5.41) is 7.00. The number of benzene rings is 2. The molecule has 3 rings (SSSR count). The predicted octanol–water partition coefficient (Wildman–Crippen LogP) is 3.81. The molecule has 3 aromatic rings. The number of nitrogens with one attached hydrogen (secondary N) is 2.